The Kier molecular flexibility index (Phi) is 3.93. The van der Waals surface area contributed by atoms with Crippen LogP contribution in [-0.4, -0.2) is 26.3 Å². The minimum atomic E-state index is -3.63. The summed E-state index contributed by atoms with van der Waals surface area (Å²) in [5, 5.41) is 9.88. The first-order valence-electron chi connectivity index (χ1n) is 6.09. The summed E-state index contributed by atoms with van der Waals surface area (Å²) in [6.45, 7) is 0.164. The van der Waals surface area contributed by atoms with Crippen LogP contribution in [0.15, 0.2) is 41.3 Å². The molecule has 0 spiro atoms. The van der Waals surface area contributed by atoms with E-state index in [1.54, 1.807) is 24.3 Å². The molecular formula is C14H15N3O2S. The van der Waals surface area contributed by atoms with Gasteiger partial charge in [-0.15, -0.1) is 0 Å². The van der Waals surface area contributed by atoms with Crippen molar-refractivity contribution in [1.29, 1.82) is 5.26 Å². The molecule has 2 aromatic rings. The van der Waals surface area contributed by atoms with E-state index in [1.807, 2.05) is 12.1 Å². The van der Waals surface area contributed by atoms with E-state index in [4.69, 9.17) is 11.0 Å². The van der Waals surface area contributed by atoms with Gasteiger partial charge in [-0.1, -0.05) is 24.3 Å². The van der Waals surface area contributed by atoms with Crippen LogP contribution in [0, 0.1) is 11.3 Å². The zero-order valence-corrected chi connectivity index (χ0v) is 11.9. The minimum absolute atomic E-state index is 0.155. The van der Waals surface area contributed by atoms with E-state index in [0.717, 1.165) is 0 Å². The van der Waals surface area contributed by atoms with E-state index in [2.05, 4.69) is 0 Å². The fourth-order valence-electron chi connectivity index (χ4n) is 2.02. The Morgan fingerprint density at radius 1 is 1.20 bits per heavy atom. The predicted octanol–water partition coefficient (Wildman–Crippen LogP) is 1.96. The van der Waals surface area contributed by atoms with Crippen molar-refractivity contribution in [3.8, 4) is 6.07 Å². The van der Waals surface area contributed by atoms with Gasteiger partial charge < -0.3 is 5.73 Å². The molecule has 104 valence electrons. The van der Waals surface area contributed by atoms with Crippen molar-refractivity contribution in [3.05, 3.63) is 36.4 Å². The smallest absolute Gasteiger partial charge is 0.243 e. The fraction of sp³-hybridized carbons (Fsp3) is 0.214. The highest BCUT2D eigenvalue weighted by Crippen LogP contribution is 2.29. The molecule has 0 aliphatic heterocycles. The fourth-order valence-corrected chi connectivity index (χ4v) is 3.38. The average molecular weight is 289 g/mol. The summed E-state index contributed by atoms with van der Waals surface area (Å²) in [5.41, 5.74) is 6.41. The van der Waals surface area contributed by atoms with Crippen LogP contribution in [0.5, 0.6) is 0 Å². The van der Waals surface area contributed by atoms with Crippen LogP contribution in [0.25, 0.3) is 10.8 Å². The van der Waals surface area contributed by atoms with Crippen LogP contribution >= 0.6 is 0 Å². The lowest BCUT2D eigenvalue weighted by molar-refractivity contribution is 0.477. The van der Waals surface area contributed by atoms with E-state index in [0.29, 0.717) is 16.5 Å². The summed E-state index contributed by atoms with van der Waals surface area (Å²) in [7, 11) is -2.16. The standard InChI is InChI=1S/C14H15N3O2S/c1-17(10-4-9-15)20(18,19)14-8-7-13(16)11-5-2-3-6-12(11)14/h2-3,5-8H,4,10,16H2,1H3. The maximum atomic E-state index is 12.5. The number of hydrogen-bond donors (Lipinski definition) is 1. The Balaban J connectivity index is 2.59. The summed E-state index contributed by atoms with van der Waals surface area (Å²) in [5.74, 6) is 0. The summed E-state index contributed by atoms with van der Waals surface area (Å²) in [6, 6.07) is 12.2. The number of fused-ring (bicyclic) bond motifs is 1. The van der Waals surface area contributed by atoms with Crippen molar-refractivity contribution in [1.82, 2.24) is 4.31 Å². The Hall–Kier alpha value is -2.10. The molecule has 0 saturated carbocycles. The number of nitrogen functional groups attached to an aromatic ring is 1. The number of rotatable bonds is 4. The van der Waals surface area contributed by atoms with Gasteiger partial charge in [-0.25, -0.2) is 8.42 Å². The topological polar surface area (TPSA) is 87.2 Å². The van der Waals surface area contributed by atoms with Crippen LogP contribution in [0.3, 0.4) is 0 Å². The van der Waals surface area contributed by atoms with Crippen molar-refractivity contribution >= 4 is 26.5 Å². The highest BCUT2D eigenvalue weighted by molar-refractivity contribution is 7.89. The molecule has 0 saturated heterocycles. The number of nitrogens with two attached hydrogens (primary N) is 1. The molecule has 2 N–H and O–H groups in total. The molecule has 0 bridgehead atoms. The molecule has 2 aromatic carbocycles. The highest BCUT2D eigenvalue weighted by Gasteiger charge is 2.23. The van der Waals surface area contributed by atoms with Crippen LogP contribution < -0.4 is 5.73 Å². The average Bonchev–Trinajstić information content (AvgIpc) is 2.45. The molecule has 0 radical (unpaired) electrons. The largest absolute Gasteiger partial charge is 0.398 e. The van der Waals surface area contributed by atoms with Crippen molar-refractivity contribution in [3.63, 3.8) is 0 Å². The van der Waals surface area contributed by atoms with E-state index < -0.39 is 10.0 Å². The molecule has 5 nitrogen and oxygen atoms in total. The SMILES string of the molecule is CN(CCC#N)S(=O)(=O)c1ccc(N)c2ccccc12. The number of benzene rings is 2. The maximum absolute atomic E-state index is 12.5. The number of nitrogens with zero attached hydrogens (tertiary/aromatic N) is 2. The Bertz CT molecular complexity index is 779. The van der Waals surface area contributed by atoms with Gasteiger partial charge in [0.05, 0.1) is 11.0 Å². The third kappa shape index (κ3) is 2.46. The highest BCUT2D eigenvalue weighted by atomic mass is 32.2. The predicted molar refractivity (Wildman–Crippen MR) is 78.4 cm³/mol. The summed E-state index contributed by atoms with van der Waals surface area (Å²) >= 11 is 0. The van der Waals surface area contributed by atoms with Gasteiger partial charge in [0, 0.05) is 36.5 Å². The van der Waals surface area contributed by atoms with E-state index in [-0.39, 0.29) is 17.9 Å². The Morgan fingerprint density at radius 2 is 1.85 bits per heavy atom. The Labute approximate surface area is 118 Å². The third-order valence-corrected chi connectivity index (χ3v) is 5.06. The normalized spacial score (nSPS) is 11.7. The number of hydrogen-bond acceptors (Lipinski definition) is 4. The van der Waals surface area contributed by atoms with E-state index in [1.165, 1.54) is 17.4 Å². The van der Waals surface area contributed by atoms with Gasteiger partial charge in [0.15, 0.2) is 0 Å². The lowest BCUT2D eigenvalue weighted by Gasteiger charge is -2.17. The van der Waals surface area contributed by atoms with Crippen molar-refractivity contribution in [2.75, 3.05) is 19.3 Å². The van der Waals surface area contributed by atoms with Crippen LogP contribution in [0.4, 0.5) is 5.69 Å². The lowest BCUT2D eigenvalue weighted by atomic mass is 10.1. The number of anilines is 1. The van der Waals surface area contributed by atoms with Crippen LogP contribution in [0.2, 0.25) is 0 Å². The number of nitriles is 1. The molecule has 20 heavy (non-hydrogen) atoms. The monoisotopic (exact) mass is 289 g/mol. The molecule has 0 amide bonds. The second-order valence-electron chi connectivity index (χ2n) is 4.43. The zero-order chi connectivity index (χ0) is 14.8. The molecule has 0 atom stereocenters. The molecule has 0 aliphatic carbocycles. The molecular weight excluding hydrogens is 274 g/mol. The molecule has 0 fully saturated rings. The number of sulfonamides is 1. The molecule has 2 rings (SSSR count). The summed E-state index contributed by atoms with van der Waals surface area (Å²) < 4.78 is 26.3. The first-order chi connectivity index (χ1) is 9.48. The van der Waals surface area contributed by atoms with Crippen LogP contribution in [-0.2, 0) is 10.0 Å². The van der Waals surface area contributed by atoms with Crippen LogP contribution in [0.1, 0.15) is 6.42 Å². The molecule has 0 unspecified atom stereocenters. The summed E-state index contributed by atoms with van der Waals surface area (Å²) in [4.78, 5) is 0.211. The van der Waals surface area contributed by atoms with E-state index in [9.17, 15) is 8.42 Å². The van der Waals surface area contributed by atoms with Gasteiger partial charge >= 0.3 is 0 Å². The van der Waals surface area contributed by atoms with Gasteiger partial charge in [-0.3, -0.25) is 0 Å². The summed E-state index contributed by atoms with van der Waals surface area (Å²) in [6.07, 6.45) is 0.155. The quantitative estimate of drug-likeness (QED) is 0.871. The van der Waals surface area contributed by atoms with E-state index >= 15 is 0 Å². The van der Waals surface area contributed by atoms with Crippen molar-refractivity contribution in [2.45, 2.75) is 11.3 Å². The molecule has 6 heteroatoms. The van der Waals surface area contributed by atoms with Gasteiger partial charge in [0.1, 0.15) is 0 Å². The van der Waals surface area contributed by atoms with Gasteiger partial charge in [0.2, 0.25) is 10.0 Å². The Morgan fingerprint density at radius 3 is 2.50 bits per heavy atom. The van der Waals surface area contributed by atoms with Gasteiger partial charge in [-0.05, 0) is 12.1 Å². The lowest BCUT2D eigenvalue weighted by Crippen LogP contribution is -2.28. The zero-order valence-electron chi connectivity index (χ0n) is 11.1. The first-order valence-corrected chi connectivity index (χ1v) is 7.53. The molecule has 0 aliphatic rings. The first kappa shape index (κ1) is 14.3. The van der Waals surface area contributed by atoms with Gasteiger partial charge in [0.25, 0.3) is 0 Å². The third-order valence-electron chi connectivity index (χ3n) is 3.14. The second-order valence-corrected chi connectivity index (χ2v) is 6.45. The second kappa shape index (κ2) is 5.49. The van der Waals surface area contributed by atoms with Crippen molar-refractivity contribution in [2.24, 2.45) is 0 Å². The van der Waals surface area contributed by atoms with Gasteiger partial charge in [-0.2, -0.15) is 9.57 Å². The molecule has 0 aromatic heterocycles. The maximum Gasteiger partial charge on any atom is 0.243 e. The van der Waals surface area contributed by atoms with Crippen molar-refractivity contribution < 1.29 is 8.42 Å². The molecule has 0 heterocycles. The minimum Gasteiger partial charge on any atom is -0.398 e.